The zero-order chi connectivity index (χ0) is 17.0. The molecule has 0 aliphatic rings. The van der Waals surface area contributed by atoms with E-state index in [1.54, 1.807) is 26.8 Å². The molecule has 0 fully saturated rings. The fraction of sp³-hybridized carbons (Fsp3) is 0.235. The zero-order valence-corrected chi connectivity index (χ0v) is 13.0. The summed E-state index contributed by atoms with van der Waals surface area (Å²) < 4.78 is 22.8. The van der Waals surface area contributed by atoms with E-state index in [2.05, 4.69) is 4.98 Å². The summed E-state index contributed by atoms with van der Waals surface area (Å²) in [6.45, 7) is 5.07. The van der Waals surface area contributed by atoms with Crippen LogP contribution in [0.5, 0.6) is 5.75 Å². The molecule has 2 rings (SSSR count). The molecule has 0 atom stereocenters. The maximum atomic E-state index is 12.9. The smallest absolute Gasteiger partial charge is 0.428 e. The van der Waals surface area contributed by atoms with Gasteiger partial charge >= 0.3 is 6.16 Å². The van der Waals surface area contributed by atoms with E-state index in [9.17, 15) is 14.0 Å². The van der Waals surface area contributed by atoms with Gasteiger partial charge in [-0.25, -0.2) is 9.18 Å². The molecule has 0 spiro atoms. The molecule has 1 heterocycles. The number of hydrogen-bond acceptors (Lipinski definition) is 5. The summed E-state index contributed by atoms with van der Waals surface area (Å²) in [4.78, 5) is 27.5. The summed E-state index contributed by atoms with van der Waals surface area (Å²) in [6.07, 6.45) is 0.126. The van der Waals surface area contributed by atoms with Gasteiger partial charge in [0.2, 0.25) is 5.43 Å². The monoisotopic (exact) mass is 317 g/mol. The molecule has 0 bridgehead atoms. The molecule has 0 saturated heterocycles. The van der Waals surface area contributed by atoms with Gasteiger partial charge in [-0.2, -0.15) is 0 Å². The molecule has 0 unspecified atom stereocenters. The van der Waals surface area contributed by atoms with Crippen molar-refractivity contribution >= 4 is 6.16 Å². The largest absolute Gasteiger partial charge is 0.514 e. The highest BCUT2D eigenvalue weighted by atomic mass is 19.1. The van der Waals surface area contributed by atoms with Crippen molar-refractivity contribution in [1.29, 1.82) is 0 Å². The highest BCUT2D eigenvalue weighted by Gasteiger charge is 2.18. The third-order valence-electron chi connectivity index (χ3n) is 2.68. The van der Waals surface area contributed by atoms with Crippen LogP contribution in [0.3, 0.4) is 0 Å². The van der Waals surface area contributed by atoms with E-state index >= 15 is 0 Å². The van der Waals surface area contributed by atoms with Gasteiger partial charge in [0.25, 0.3) is 0 Å². The predicted octanol–water partition coefficient (Wildman–Crippen LogP) is 3.56. The zero-order valence-electron chi connectivity index (χ0n) is 13.0. The van der Waals surface area contributed by atoms with Crippen LogP contribution in [0, 0.1) is 5.82 Å². The normalized spacial score (nSPS) is 11.0. The van der Waals surface area contributed by atoms with E-state index < -0.39 is 23.0 Å². The maximum Gasteiger partial charge on any atom is 0.514 e. The average molecular weight is 317 g/mol. The SMILES string of the molecule is CC(C)(C)OC(=O)Oc1ccc(-c2ccc(F)cn2)ccc1=O. The lowest BCUT2D eigenvalue weighted by Gasteiger charge is -2.18. The third-order valence-corrected chi connectivity index (χ3v) is 2.68. The van der Waals surface area contributed by atoms with Crippen molar-refractivity contribution < 1.29 is 18.7 Å². The first-order chi connectivity index (χ1) is 10.7. The lowest BCUT2D eigenvalue weighted by atomic mass is 10.2. The van der Waals surface area contributed by atoms with Crippen LogP contribution in [0.2, 0.25) is 0 Å². The Morgan fingerprint density at radius 3 is 2.39 bits per heavy atom. The van der Waals surface area contributed by atoms with Crippen LogP contribution in [0.25, 0.3) is 11.3 Å². The Balaban J connectivity index is 2.27. The molecule has 0 N–H and O–H groups in total. The Labute approximate surface area is 132 Å². The maximum absolute atomic E-state index is 12.9. The quantitative estimate of drug-likeness (QED) is 0.792. The molecule has 0 aliphatic carbocycles. The number of nitrogens with zero attached hydrogens (tertiary/aromatic N) is 1. The van der Waals surface area contributed by atoms with Crippen LogP contribution >= 0.6 is 0 Å². The summed E-state index contributed by atoms with van der Waals surface area (Å²) in [5.41, 5.74) is -0.129. The molecule has 23 heavy (non-hydrogen) atoms. The van der Waals surface area contributed by atoms with Crippen LogP contribution in [0.1, 0.15) is 20.8 Å². The summed E-state index contributed by atoms with van der Waals surface area (Å²) in [7, 11) is 0. The van der Waals surface area contributed by atoms with Gasteiger partial charge in [-0.05, 0) is 57.2 Å². The highest BCUT2D eigenvalue weighted by Crippen LogP contribution is 2.17. The molecule has 0 saturated carbocycles. The summed E-state index contributed by atoms with van der Waals surface area (Å²) >= 11 is 0. The molecule has 1 aromatic carbocycles. The minimum atomic E-state index is -0.956. The van der Waals surface area contributed by atoms with Crippen molar-refractivity contribution in [2.45, 2.75) is 26.4 Å². The summed E-state index contributed by atoms with van der Waals surface area (Å²) in [5.74, 6) is -0.611. The second-order valence-electron chi connectivity index (χ2n) is 5.78. The lowest BCUT2D eigenvalue weighted by Crippen LogP contribution is -2.26. The minimum Gasteiger partial charge on any atom is -0.428 e. The van der Waals surface area contributed by atoms with Gasteiger partial charge in [-0.1, -0.05) is 0 Å². The van der Waals surface area contributed by atoms with Crippen molar-refractivity contribution in [1.82, 2.24) is 4.98 Å². The van der Waals surface area contributed by atoms with E-state index in [0.29, 0.717) is 11.3 Å². The first-order valence-corrected chi connectivity index (χ1v) is 6.92. The first kappa shape index (κ1) is 16.6. The number of pyridine rings is 1. The Morgan fingerprint density at radius 1 is 1.09 bits per heavy atom. The van der Waals surface area contributed by atoms with Crippen molar-refractivity contribution in [2.75, 3.05) is 0 Å². The average Bonchev–Trinajstić information content (AvgIpc) is 2.61. The van der Waals surface area contributed by atoms with Crippen LogP contribution < -0.4 is 10.2 Å². The van der Waals surface area contributed by atoms with Crippen molar-refractivity contribution in [3.63, 3.8) is 0 Å². The molecule has 6 heteroatoms. The van der Waals surface area contributed by atoms with E-state index in [1.165, 1.54) is 30.3 Å². The fourth-order valence-electron chi connectivity index (χ4n) is 1.71. The number of aromatic nitrogens is 1. The van der Waals surface area contributed by atoms with E-state index in [4.69, 9.17) is 9.47 Å². The van der Waals surface area contributed by atoms with Gasteiger partial charge in [-0.3, -0.25) is 9.78 Å². The standard InChI is InChI=1S/C17H16FNO4/c1-17(2,3)23-16(21)22-15-9-5-11(4-8-14(15)20)13-7-6-12(18)10-19-13/h4-10H,1-3H3. The molecule has 0 radical (unpaired) electrons. The summed E-state index contributed by atoms with van der Waals surface area (Å²) in [5, 5.41) is 0. The van der Waals surface area contributed by atoms with Crippen LogP contribution in [0.4, 0.5) is 9.18 Å². The van der Waals surface area contributed by atoms with Gasteiger partial charge in [0.15, 0.2) is 5.75 Å². The van der Waals surface area contributed by atoms with Gasteiger partial charge < -0.3 is 9.47 Å². The van der Waals surface area contributed by atoms with E-state index in [-0.39, 0.29) is 5.75 Å². The van der Waals surface area contributed by atoms with Gasteiger partial charge in [0.05, 0.1) is 11.9 Å². The summed E-state index contributed by atoms with van der Waals surface area (Å²) in [6, 6.07) is 8.44. The molecule has 2 aromatic rings. The Kier molecular flexibility index (Phi) is 4.74. The molecule has 0 amide bonds. The number of ether oxygens (including phenoxy) is 2. The molecule has 0 aliphatic heterocycles. The van der Waals surface area contributed by atoms with Gasteiger partial charge in [-0.15, -0.1) is 0 Å². The van der Waals surface area contributed by atoms with Crippen molar-refractivity contribution in [2.24, 2.45) is 0 Å². The molecule has 120 valence electrons. The van der Waals surface area contributed by atoms with Crippen molar-refractivity contribution in [3.05, 3.63) is 58.6 Å². The third kappa shape index (κ3) is 4.88. The number of rotatable bonds is 2. The Morgan fingerprint density at radius 2 is 1.78 bits per heavy atom. The second-order valence-corrected chi connectivity index (χ2v) is 5.78. The number of hydrogen-bond donors (Lipinski definition) is 0. The van der Waals surface area contributed by atoms with Gasteiger partial charge in [0.1, 0.15) is 11.4 Å². The second kappa shape index (κ2) is 6.56. The molecule has 5 nitrogen and oxygen atoms in total. The minimum absolute atomic E-state index is 0.160. The van der Waals surface area contributed by atoms with Crippen LogP contribution in [-0.2, 0) is 4.74 Å². The lowest BCUT2D eigenvalue weighted by molar-refractivity contribution is 0.0204. The van der Waals surface area contributed by atoms with E-state index in [0.717, 1.165) is 6.20 Å². The number of carbonyl (C=O) groups is 1. The topological polar surface area (TPSA) is 65.5 Å². The molecular formula is C17H16FNO4. The molecule has 1 aromatic heterocycles. The predicted molar refractivity (Wildman–Crippen MR) is 82.8 cm³/mol. The highest BCUT2D eigenvalue weighted by molar-refractivity contribution is 5.65. The number of carbonyl (C=O) groups excluding carboxylic acids is 1. The fourth-order valence-corrected chi connectivity index (χ4v) is 1.71. The van der Waals surface area contributed by atoms with Gasteiger partial charge in [0, 0.05) is 5.56 Å². The van der Waals surface area contributed by atoms with E-state index in [1.807, 2.05) is 0 Å². The Bertz CT molecular complexity index is 767. The van der Waals surface area contributed by atoms with Crippen molar-refractivity contribution in [3.8, 4) is 17.0 Å². The first-order valence-electron chi connectivity index (χ1n) is 6.92. The van der Waals surface area contributed by atoms with Crippen LogP contribution in [-0.4, -0.2) is 16.7 Å². The molecular weight excluding hydrogens is 301 g/mol. The van der Waals surface area contributed by atoms with Crippen LogP contribution in [0.15, 0.2) is 47.4 Å². The number of halogens is 1. The Hall–Kier alpha value is -2.76.